The van der Waals surface area contributed by atoms with Gasteiger partial charge in [-0.2, -0.15) is 4.57 Å². The van der Waals surface area contributed by atoms with Crippen molar-refractivity contribution < 1.29 is 28.5 Å². The maximum atomic E-state index is 2.37. The zero-order valence-electron chi connectivity index (χ0n) is 16.5. The smallest absolute Gasteiger partial charge is 0.205 e. The first-order chi connectivity index (χ1) is 12.3. The average molecular weight is 464 g/mol. The zero-order chi connectivity index (χ0) is 17.9. The van der Waals surface area contributed by atoms with E-state index in [0.717, 1.165) is 19.6 Å². The van der Waals surface area contributed by atoms with E-state index in [4.69, 9.17) is 0 Å². The summed E-state index contributed by atoms with van der Waals surface area (Å²) in [4.78, 5) is 2.37. The van der Waals surface area contributed by atoms with Crippen LogP contribution >= 0.6 is 0 Å². The second kappa shape index (κ2) is 12.9. The van der Waals surface area contributed by atoms with E-state index in [1.807, 2.05) is 0 Å². The molecular formula is C23H33IN2. The van der Waals surface area contributed by atoms with Crippen molar-refractivity contribution in [2.45, 2.75) is 53.0 Å². The Hall–Kier alpha value is -1.36. The van der Waals surface area contributed by atoms with Crippen LogP contribution in [0.3, 0.4) is 0 Å². The fraction of sp³-hybridized carbons (Fsp3) is 0.435. The molecule has 0 fully saturated rings. The van der Waals surface area contributed by atoms with Gasteiger partial charge in [0.25, 0.3) is 0 Å². The first kappa shape index (κ1) is 22.7. The highest BCUT2D eigenvalue weighted by molar-refractivity contribution is 5.68. The third kappa shape index (κ3) is 7.10. The standard InChI is InChI=1S/C23H33N2.HI/c1-4-7-8-10-19-25-20-11-9-12-22(25)16-13-21-14-17-23(18-15-21)24(5-2)6-3;/h9,11-18,20H,4-8,10,19H2,1-3H3;1H/q+1;/p-1. The summed E-state index contributed by atoms with van der Waals surface area (Å²) < 4.78 is 2.36. The number of rotatable bonds is 10. The van der Waals surface area contributed by atoms with Crippen LogP contribution in [0.4, 0.5) is 5.69 Å². The molecule has 0 saturated heterocycles. The summed E-state index contributed by atoms with van der Waals surface area (Å²) in [6, 6.07) is 15.3. The van der Waals surface area contributed by atoms with Crippen molar-refractivity contribution in [3.63, 3.8) is 0 Å². The summed E-state index contributed by atoms with van der Waals surface area (Å²) >= 11 is 0. The Morgan fingerprint density at radius 3 is 2.23 bits per heavy atom. The van der Waals surface area contributed by atoms with Crippen LogP contribution in [0, 0.1) is 0 Å². The molecule has 2 nitrogen and oxygen atoms in total. The summed E-state index contributed by atoms with van der Waals surface area (Å²) in [7, 11) is 0. The molecule has 2 rings (SSSR count). The van der Waals surface area contributed by atoms with Crippen molar-refractivity contribution in [2.75, 3.05) is 18.0 Å². The van der Waals surface area contributed by atoms with Gasteiger partial charge in [0.2, 0.25) is 5.69 Å². The van der Waals surface area contributed by atoms with Crippen LogP contribution in [0.1, 0.15) is 57.7 Å². The molecule has 2 aromatic rings. The lowest BCUT2D eigenvalue weighted by Gasteiger charge is -2.20. The predicted octanol–water partition coefficient (Wildman–Crippen LogP) is 2.58. The van der Waals surface area contributed by atoms with Gasteiger partial charge < -0.3 is 28.9 Å². The molecule has 142 valence electrons. The Bertz CT molecular complexity index is 646. The van der Waals surface area contributed by atoms with Crippen LogP contribution in [0.2, 0.25) is 0 Å². The normalized spacial score (nSPS) is 10.7. The Morgan fingerprint density at radius 2 is 1.58 bits per heavy atom. The van der Waals surface area contributed by atoms with Gasteiger partial charge in [-0.3, -0.25) is 0 Å². The molecule has 0 aliphatic heterocycles. The fourth-order valence-corrected chi connectivity index (χ4v) is 3.12. The van der Waals surface area contributed by atoms with Crippen molar-refractivity contribution in [3.05, 3.63) is 59.9 Å². The molecule has 0 unspecified atom stereocenters. The number of aromatic nitrogens is 1. The van der Waals surface area contributed by atoms with Gasteiger partial charge >= 0.3 is 0 Å². The average Bonchev–Trinajstić information content (AvgIpc) is 2.66. The van der Waals surface area contributed by atoms with Crippen LogP contribution in [0.5, 0.6) is 0 Å². The zero-order valence-corrected chi connectivity index (χ0v) is 18.7. The van der Waals surface area contributed by atoms with Crippen molar-refractivity contribution in [1.82, 2.24) is 0 Å². The molecule has 0 bridgehead atoms. The number of halogens is 1. The Balaban J connectivity index is 0.00000338. The quantitative estimate of drug-likeness (QED) is 0.298. The minimum absolute atomic E-state index is 0. The second-order valence-electron chi connectivity index (χ2n) is 6.48. The summed E-state index contributed by atoms with van der Waals surface area (Å²) in [5.74, 6) is 0. The minimum Gasteiger partial charge on any atom is -1.00 e. The first-order valence-electron chi connectivity index (χ1n) is 9.80. The molecule has 1 aromatic carbocycles. The lowest BCUT2D eigenvalue weighted by Crippen LogP contribution is -3.00. The lowest BCUT2D eigenvalue weighted by atomic mass is 10.1. The van der Waals surface area contributed by atoms with Gasteiger partial charge in [-0.05, 0) is 50.1 Å². The van der Waals surface area contributed by atoms with Gasteiger partial charge in [0.15, 0.2) is 6.20 Å². The summed E-state index contributed by atoms with van der Waals surface area (Å²) in [5, 5.41) is 0. The van der Waals surface area contributed by atoms with E-state index in [0.29, 0.717) is 0 Å². The molecule has 0 amide bonds. The van der Waals surface area contributed by atoms with Crippen molar-refractivity contribution in [1.29, 1.82) is 0 Å². The second-order valence-corrected chi connectivity index (χ2v) is 6.48. The number of nitrogens with zero attached hydrogens (tertiary/aromatic N) is 2. The molecule has 1 heterocycles. The number of anilines is 1. The highest BCUT2D eigenvalue weighted by Gasteiger charge is 2.06. The van der Waals surface area contributed by atoms with Gasteiger partial charge in [0, 0.05) is 43.4 Å². The fourth-order valence-electron chi connectivity index (χ4n) is 3.12. The van der Waals surface area contributed by atoms with E-state index < -0.39 is 0 Å². The van der Waals surface area contributed by atoms with Gasteiger partial charge in [-0.1, -0.05) is 31.9 Å². The number of hydrogen-bond donors (Lipinski definition) is 0. The van der Waals surface area contributed by atoms with E-state index in [1.54, 1.807) is 0 Å². The SMILES string of the molecule is CCCCCC[n+]1ccccc1/C=C/c1ccc(N(CC)CC)cc1.[I-]. The van der Waals surface area contributed by atoms with Crippen LogP contribution in [-0.2, 0) is 6.54 Å². The van der Waals surface area contributed by atoms with Crippen LogP contribution in [0.25, 0.3) is 12.2 Å². The largest absolute Gasteiger partial charge is 1.00 e. The maximum absolute atomic E-state index is 2.37. The molecule has 26 heavy (non-hydrogen) atoms. The molecule has 0 N–H and O–H groups in total. The lowest BCUT2D eigenvalue weighted by molar-refractivity contribution is -0.699. The number of unbranched alkanes of at least 4 members (excludes halogenated alkanes) is 3. The predicted molar refractivity (Wildman–Crippen MR) is 110 cm³/mol. The summed E-state index contributed by atoms with van der Waals surface area (Å²) in [5.41, 5.74) is 3.82. The highest BCUT2D eigenvalue weighted by Crippen LogP contribution is 2.16. The molecule has 1 aromatic heterocycles. The van der Waals surface area contributed by atoms with Gasteiger partial charge in [0.05, 0.1) is 0 Å². The van der Waals surface area contributed by atoms with Crippen LogP contribution in [0.15, 0.2) is 48.7 Å². The van der Waals surface area contributed by atoms with Gasteiger partial charge in [-0.25, -0.2) is 0 Å². The van der Waals surface area contributed by atoms with E-state index in [1.165, 1.54) is 42.6 Å². The topological polar surface area (TPSA) is 7.12 Å². The van der Waals surface area contributed by atoms with Gasteiger partial charge in [0.1, 0.15) is 6.54 Å². The molecule has 0 aliphatic carbocycles. The first-order valence-corrected chi connectivity index (χ1v) is 9.80. The third-order valence-corrected chi connectivity index (χ3v) is 4.70. The van der Waals surface area contributed by atoms with Crippen molar-refractivity contribution in [3.8, 4) is 0 Å². The van der Waals surface area contributed by atoms with E-state index in [-0.39, 0.29) is 24.0 Å². The van der Waals surface area contributed by atoms with Crippen molar-refractivity contribution in [2.24, 2.45) is 0 Å². The summed E-state index contributed by atoms with van der Waals surface area (Å²) in [6.07, 6.45) is 11.8. The highest BCUT2D eigenvalue weighted by atomic mass is 127. The molecule has 3 heteroatoms. The van der Waals surface area contributed by atoms with E-state index >= 15 is 0 Å². The Morgan fingerprint density at radius 1 is 0.846 bits per heavy atom. The van der Waals surface area contributed by atoms with Gasteiger partial charge in [-0.15, -0.1) is 0 Å². The maximum Gasteiger partial charge on any atom is 0.205 e. The minimum atomic E-state index is 0. The molecule has 0 aliphatic rings. The molecule has 0 atom stereocenters. The third-order valence-electron chi connectivity index (χ3n) is 4.70. The molecule has 0 saturated carbocycles. The Kier molecular flexibility index (Phi) is 11.3. The van der Waals surface area contributed by atoms with Crippen LogP contribution in [-0.4, -0.2) is 13.1 Å². The monoisotopic (exact) mass is 464 g/mol. The van der Waals surface area contributed by atoms with Crippen LogP contribution < -0.4 is 33.4 Å². The summed E-state index contributed by atoms with van der Waals surface area (Å²) in [6.45, 7) is 9.86. The van der Waals surface area contributed by atoms with Crippen molar-refractivity contribution >= 4 is 17.8 Å². The Labute approximate surface area is 177 Å². The number of hydrogen-bond acceptors (Lipinski definition) is 1. The number of benzene rings is 1. The molecule has 0 spiro atoms. The van der Waals surface area contributed by atoms with E-state index in [9.17, 15) is 0 Å². The number of pyridine rings is 1. The molecular weight excluding hydrogens is 431 g/mol. The molecule has 0 radical (unpaired) electrons. The number of aryl methyl sites for hydroxylation is 1. The van der Waals surface area contributed by atoms with E-state index in [2.05, 4.69) is 91.1 Å².